The number of rotatable bonds is 4. The predicted octanol–water partition coefficient (Wildman–Crippen LogP) is 3.04. The van der Waals surface area contributed by atoms with Crippen molar-refractivity contribution < 1.29 is 9.90 Å². The molecule has 0 spiro atoms. The minimum absolute atomic E-state index is 0.117. The number of nitrogens with zero attached hydrogens (tertiary/aromatic N) is 1. The third-order valence-corrected chi connectivity index (χ3v) is 2.92. The van der Waals surface area contributed by atoms with Crippen LogP contribution in [0.5, 0.6) is 0 Å². The summed E-state index contributed by atoms with van der Waals surface area (Å²) in [5.41, 5.74) is 1.91. The number of aromatic nitrogens is 2. The van der Waals surface area contributed by atoms with E-state index in [1.54, 1.807) is 6.20 Å². The maximum absolute atomic E-state index is 10.8. The molecule has 0 saturated carbocycles. The molecule has 100 valence electrons. The fraction of sp³-hybridized carbons (Fsp3) is 0.286. The zero-order valence-electron chi connectivity index (χ0n) is 10.9. The summed E-state index contributed by atoms with van der Waals surface area (Å²) in [5, 5.41) is 11.3. The molecule has 5 heteroatoms. The van der Waals surface area contributed by atoms with Crippen LogP contribution < -0.4 is 5.32 Å². The summed E-state index contributed by atoms with van der Waals surface area (Å²) >= 11 is 0. The van der Waals surface area contributed by atoms with Crippen molar-refractivity contribution >= 4 is 6.09 Å². The van der Waals surface area contributed by atoms with Crippen molar-refractivity contribution in [3.8, 4) is 11.3 Å². The summed E-state index contributed by atoms with van der Waals surface area (Å²) in [6.07, 6.45) is 0.681. The van der Waals surface area contributed by atoms with Gasteiger partial charge in [-0.05, 0) is 11.5 Å². The quantitative estimate of drug-likeness (QED) is 0.789. The highest BCUT2D eigenvalue weighted by molar-refractivity contribution is 5.65. The number of benzene rings is 1. The summed E-state index contributed by atoms with van der Waals surface area (Å²) in [5.74, 6) is 0.752. The van der Waals surface area contributed by atoms with E-state index < -0.39 is 6.09 Å². The van der Waals surface area contributed by atoms with Gasteiger partial charge in [0.1, 0.15) is 5.82 Å². The first-order valence-corrected chi connectivity index (χ1v) is 6.17. The van der Waals surface area contributed by atoms with Crippen molar-refractivity contribution in [1.82, 2.24) is 15.3 Å². The van der Waals surface area contributed by atoms with Crippen molar-refractivity contribution in [1.29, 1.82) is 0 Å². The minimum Gasteiger partial charge on any atom is -0.465 e. The number of carbonyl (C=O) groups is 1. The van der Waals surface area contributed by atoms with E-state index in [9.17, 15) is 4.79 Å². The maximum atomic E-state index is 10.8. The molecule has 0 aliphatic heterocycles. The molecule has 1 aromatic heterocycles. The van der Waals surface area contributed by atoms with Gasteiger partial charge >= 0.3 is 6.09 Å². The molecule has 0 fully saturated rings. The molecular formula is C14H17N3O2. The van der Waals surface area contributed by atoms with E-state index in [1.807, 2.05) is 44.2 Å². The Morgan fingerprint density at radius 3 is 2.58 bits per heavy atom. The van der Waals surface area contributed by atoms with Crippen molar-refractivity contribution in [3.05, 3.63) is 42.4 Å². The highest BCUT2D eigenvalue weighted by Gasteiger charge is 2.21. The second kappa shape index (κ2) is 5.56. The van der Waals surface area contributed by atoms with Gasteiger partial charge in [-0.15, -0.1) is 0 Å². The van der Waals surface area contributed by atoms with Gasteiger partial charge in [0, 0.05) is 0 Å². The van der Waals surface area contributed by atoms with Crippen LogP contribution in [-0.2, 0) is 0 Å². The van der Waals surface area contributed by atoms with Crippen LogP contribution in [0.3, 0.4) is 0 Å². The molecule has 1 atom stereocenters. The fourth-order valence-corrected chi connectivity index (χ4v) is 1.94. The van der Waals surface area contributed by atoms with E-state index in [1.165, 1.54) is 0 Å². The van der Waals surface area contributed by atoms with Crippen LogP contribution in [-0.4, -0.2) is 21.2 Å². The second-order valence-corrected chi connectivity index (χ2v) is 4.72. The number of hydrogen-bond acceptors (Lipinski definition) is 2. The van der Waals surface area contributed by atoms with Gasteiger partial charge in [-0.3, -0.25) is 0 Å². The van der Waals surface area contributed by atoms with Crippen molar-refractivity contribution in [2.45, 2.75) is 19.9 Å². The third kappa shape index (κ3) is 3.13. The molecule has 3 N–H and O–H groups in total. The molecule has 0 radical (unpaired) electrons. The summed E-state index contributed by atoms with van der Waals surface area (Å²) in [7, 11) is 0. The van der Waals surface area contributed by atoms with Gasteiger partial charge in [-0.2, -0.15) is 0 Å². The van der Waals surface area contributed by atoms with Crippen LogP contribution in [0.4, 0.5) is 4.79 Å². The first-order chi connectivity index (χ1) is 9.08. The Morgan fingerprint density at radius 1 is 1.32 bits per heavy atom. The average Bonchev–Trinajstić information content (AvgIpc) is 2.86. The van der Waals surface area contributed by atoms with Crippen LogP contribution >= 0.6 is 0 Å². The Labute approximate surface area is 111 Å². The first kappa shape index (κ1) is 13.1. The first-order valence-electron chi connectivity index (χ1n) is 6.17. The van der Waals surface area contributed by atoms with Crippen LogP contribution in [0.15, 0.2) is 36.5 Å². The molecule has 2 aromatic rings. The molecule has 1 heterocycles. The van der Waals surface area contributed by atoms with Gasteiger partial charge in [0.05, 0.1) is 17.9 Å². The topological polar surface area (TPSA) is 78.0 Å². The molecule has 5 nitrogen and oxygen atoms in total. The number of nitrogens with one attached hydrogen (secondary N) is 2. The van der Waals surface area contributed by atoms with E-state index in [-0.39, 0.29) is 12.0 Å². The van der Waals surface area contributed by atoms with Crippen molar-refractivity contribution in [2.75, 3.05) is 0 Å². The second-order valence-electron chi connectivity index (χ2n) is 4.72. The molecule has 0 aliphatic rings. The summed E-state index contributed by atoms with van der Waals surface area (Å²) in [6.45, 7) is 3.90. The average molecular weight is 259 g/mol. The fourth-order valence-electron chi connectivity index (χ4n) is 1.94. The number of amides is 1. The van der Waals surface area contributed by atoms with E-state index in [4.69, 9.17) is 5.11 Å². The van der Waals surface area contributed by atoms with Crippen LogP contribution in [0, 0.1) is 5.92 Å². The van der Waals surface area contributed by atoms with Gasteiger partial charge in [0.25, 0.3) is 0 Å². The highest BCUT2D eigenvalue weighted by atomic mass is 16.4. The standard InChI is InChI=1S/C14H17N3O2/c1-9(2)12(17-14(18)19)13-15-8-11(16-13)10-6-4-3-5-7-10/h3-9,12,17H,1-2H3,(H,15,16)(H,18,19). The smallest absolute Gasteiger partial charge is 0.405 e. The number of H-pyrrole nitrogens is 1. The van der Waals surface area contributed by atoms with Gasteiger partial charge < -0.3 is 15.4 Å². The summed E-state index contributed by atoms with van der Waals surface area (Å²) in [6, 6.07) is 9.47. The van der Waals surface area contributed by atoms with E-state index in [0.29, 0.717) is 5.82 Å². The van der Waals surface area contributed by atoms with E-state index in [0.717, 1.165) is 11.3 Å². The van der Waals surface area contributed by atoms with Gasteiger partial charge in [-0.1, -0.05) is 44.2 Å². The van der Waals surface area contributed by atoms with Crippen LogP contribution in [0.25, 0.3) is 11.3 Å². The van der Waals surface area contributed by atoms with E-state index in [2.05, 4.69) is 15.3 Å². The highest BCUT2D eigenvalue weighted by Crippen LogP contribution is 2.23. The Bertz CT molecular complexity index is 549. The van der Waals surface area contributed by atoms with Crippen LogP contribution in [0.2, 0.25) is 0 Å². The number of carboxylic acid groups (broad SMARTS) is 1. The lowest BCUT2D eigenvalue weighted by Gasteiger charge is -2.18. The SMILES string of the molecule is CC(C)C(NC(=O)O)c1ncc(-c2ccccc2)[nH]1. The lowest BCUT2D eigenvalue weighted by Crippen LogP contribution is -2.31. The number of aromatic amines is 1. The van der Waals surface area contributed by atoms with Crippen LogP contribution in [0.1, 0.15) is 25.7 Å². The molecule has 2 rings (SSSR count). The normalized spacial score (nSPS) is 12.4. The number of imidazole rings is 1. The monoisotopic (exact) mass is 259 g/mol. The van der Waals surface area contributed by atoms with Crippen molar-refractivity contribution in [2.24, 2.45) is 5.92 Å². The molecule has 0 aliphatic carbocycles. The minimum atomic E-state index is -1.05. The third-order valence-electron chi connectivity index (χ3n) is 2.92. The van der Waals surface area contributed by atoms with Gasteiger partial charge in [0.15, 0.2) is 0 Å². The molecule has 1 amide bonds. The Kier molecular flexibility index (Phi) is 3.85. The Hall–Kier alpha value is -2.30. The largest absolute Gasteiger partial charge is 0.465 e. The zero-order valence-corrected chi connectivity index (χ0v) is 10.9. The summed E-state index contributed by atoms with van der Waals surface area (Å²) in [4.78, 5) is 18.3. The zero-order chi connectivity index (χ0) is 13.8. The lowest BCUT2D eigenvalue weighted by atomic mass is 10.0. The molecule has 19 heavy (non-hydrogen) atoms. The Balaban J connectivity index is 2.26. The maximum Gasteiger partial charge on any atom is 0.405 e. The number of hydrogen-bond donors (Lipinski definition) is 3. The molecule has 1 unspecified atom stereocenters. The molecule has 0 bridgehead atoms. The molecule has 0 saturated heterocycles. The predicted molar refractivity (Wildman–Crippen MR) is 72.8 cm³/mol. The molecule has 1 aromatic carbocycles. The van der Waals surface area contributed by atoms with Crippen molar-refractivity contribution in [3.63, 3.8) is 0 Å². The van der Waals surface area contributed by atoms with Gasteiger partial charge in [-0.25, -0.2) is 9.78 Å². The molecular weight excluding hydrogens is 242 g/mol. The van der Waals surface area contributed by atoms with E-state index >= 15 is 0 Å². The lowest BCUT2D eigenvalue weighted by molar-refractivity contribution is 0.185. The summed E-state index contributed by atoms with van der Waals surface area (Å²) < 4.78 is 0. The Morgan fingerprint density at radius 2 is 2.00 bits per heavy atom. The van der Waals surface area contributed by atoms with Gasteiger partial charge in [0.2, 0.25) is 0 Å².